The lowest BCUT2D eigenvalue weighted by Gasteiger charge is -2.25. The Labute approximate surface area is 116 Å². The standard InChI is InChI=1S/C13H14Cl2N2O/c14-7-12-16-13-10(15)4-1-5-11(13)17(12)9-3-2-6-18-8-9/h1,4-5,9H,2-3,6-8H2. The van der Waals surface area contributed by atoms with E-state index in [2.05, 4.69) is 9.55 Å². The summed E-state index contributed by atoms with van der Waals surface area (Å²) in [6.07, 6.45) is 2.18. The number of rotatable bonds is 2. The lowest BCUT2D eigenvalue weighted by molar-refractivity contribution is 0.0597. The second-order valence-corrected chi connectivity index (χ2v) is 5.18. The smallest absolute Gasteiger partial charge is 0.125 e. The largest absolute Gasteiger partial charge is 0.379 e. The molecule has 3 rings (SSSR count). The van der Waals surface area contributed by atoms with Crippen LogP contribution in [0, 0.1) is 0 Å². The molecule has 0 spiro atoms. The molecule has 1 unspecified atom stereocenters. The van der Waals surface area contributed by atoms with Gasteiger partial charge in [0.25, 0.3) is 0 Å². The number of nitrogens with zero attached hydrogens (tertiary/aromatic N) is 2. The van der Waals surface area contributed by atoms with Crippen LogP contribution in [0.3, 0.4) is 0 Å². The summed E-state index contributed by atoms with van der Waals surface area (Å²) in [4.78, 5) is 4.55. The van der Waals surface area contributed by atoms with Crippen molar-refractivity contribution in [3.8, 4) is 0 Å². The quantitative estimate of drug-likeness (QED) is 0.785. The Morgan fingerprint density at radius 2 is 2.33 bits per heavy atom. The maximum absolute atomic E-state index is 6.19. The number of hydrogen-bond donors (Lipinski definition) is 0. The number of ether oxygens (including phenoxy) is 1. The van der Waals surface area contributed by atoms with Crippen LogP contribution in [0.15, 0.2) is 18.2 Å². The average Bonchev–Trinajstić information content (AvgIpc) is 2.80. The molecule has 0 saturated carbocycles. The van der Waals surface area contributed by atoms with Crippen molar-refractivity contribution < 1.29 is 4.74 Å². The molecule has 0 radical (unpaired) electrons. The molecular formula is C13H14Cl2N2O. The normalized spacial score (nSPS) is 20.4. The molecule has 2 aromatic rings. The van der Waals surface area contributed by atoms with Crippen molar-refractivity contribution in [3.63, 3.8) is 0 Å². The number of imidazole rings is 1. The number of aromatic nitrogens is 2. The van der Waals surface area contributed by atoms with Gasteiger partial charge in [0, 0.05) is 6.61 Å². The summed E-state index contributed by atoms with van der Waals surface area (Å²) in [5, 5.41) is 0.675. The van der Waals surface area contributed by atoms with Crippen LogP contribution in [0.1, 0.15) is 24.7 Å². The molecule has 3 nitrogen and oxygen atoms in total. The molecule has 0 N–H and O–H groups in total. The van der Waals surface area contributed by atoms with Gasteiger partial charge in [0.05, 0.1) is 29.1 Å². The van der Waals surface area contributed by atoms with E-state index in [0.29, 0.717) is 16.9 Å². The van der Waals surface area contributed by atoms with Gasteiger partial charge in [0.1, 0.15) is 11.3 Å². The Balaban J connectivity index is 2.16. The summed E-state index contributed by atoms with van der Waals surface area (Å²) in [5.41, 5.74) is 1.88. The highest BCUT2D eigenvalue weighted by molar-refractivity contribution is 6.35. The summed E-state index contributed by atoms with van der Waals surface area (Å²) >= 11 is 12.2. The molecule has 1 atom stereocenters. The van der Waals surface area contributed by atoms with E-state index in [9.17, 15) is 0 Å². The fourth-order valence-corrected chi connectivity index (χ4v) is 2.96. The molecule has 1 aliphatic rings. The van der Waals surface area contributed by atoms with Gasteiger partial charge in [-0.3, -0.25) is 0 Å². The van der Waals surface area contributed by atoms with E-state index in [0.717, 1.165) is 42.9 Å². The molecule has 0 amide bonds. The van der Waals surface area contributed by atoms with Gasteiger partial charge >= 0.3 is 0 Å². The van der Waals surface area contributed by atoms with E-state index in [-0.39, 0.29) is 0 Å². The SMILES string of the molecule is ClCc1nc2c(Cl)cccc2n1C1CCCOC1. The van der Waals surface area contributed by atoms with E-state index in [4.69, 9.17) is 27.9 Å². The molecule has 5 heteroatoms. The Kier molecular flexibility index (Phi) is 3.46. The highest BCUT2D eigenvalue weighted by atomic mass is 35.5. The van der Waals surface area contributed by atoms with Crippen molar-refractivity contribution in [1.82, 2.24) is 9.55 Å². The second kappa shape index (κ2) is 5.08. The van der Waals surface area contributed by atoms with E-state index >= 15 is 0 Å². The number of benzene rings is 1. The van der Waals surface area contributed by atoms with Crippen LogP contribution in [0.25, 0.3) is 11.0 Å². The van der Waals surface area contributed by atoms with Crippen molar-refractivity contribution in [2.75, 3.05) is 13.2 Å². The number of halogens is 2. The van der Waals surface area contributed by atoms with Gasteiger partial charge < -0.3 is 9.30 Å². The molecule has 1 fully saturated rings. The van der Waals surface area contributed by atoms with Crippen LogP contribution in [0.4, 0.5) is 0 Å². The lowest BCUT2D eigenvalue weighted by atomic mass is 10.1. The number of fused-ring (bicyclic) bond motifs is 1. The molecule has 1 saturated heterocycles. The van der Waals surface area contributed by atoms with E-state index in [1.165, 1.54) is 0 Å². The third-order valence-corrected chi connectivity index (χ3v) is 3.91. The third-order valence-electron chi connectivity index (χ3n) is 3.36. The molecule has 1 aromatic carbocycles. The molecule has 96 valence electrons. The first-order valence-corrected chi connectivity index (χ1v) is 7.01. The van der Waals surface area contributed by atoms with Gasteiger partial charge in [-0.15, -0.1) is 11.6 Å². The molecule has 18 heavy (non-hydrogen) atoms. The summed E-state index contributed by atoms with van der Waals surface area (Å²) in [6.45, 7) is 1.57. The van der Waals surface area contributed by atoms with Crippen LogP contribution in [-0.2, 0) is 10.6 Å². The summed E-state index contributed by atoms with van der Waals surface area (Å²) in [6, 6.07) is 6.16. The van der Waals surface area contributed by atoms with E-state index in [1.54, 1.807) is 0 Å². The molecule has 1 aliphatic heterocycles. The summed E-state index contributed by atoms with van der Waals surface area (Å²) < 4.78 is 7.75. The van der Waals surface area contributed by atoms with Gasteiger partial charge in [-0.05, 0) is 25.0 Å². The number of alkyl halides is 1. The van der Waals surface area contributed by atoms with Gasteiger partial charge in [-0.25, -0.2) is 4.98 Å². The highest BCUT2D eigenvalue weighted by Gasteiger charge is 2.22. The average molecular weight is 285 g/mol. The first-order chi connectivity index (χ1) is 8.81. The maximum atomic E-state index is 6.19. The number of hydrogen-bond acceptors (Lipinski definition) is 2. The van der Waals surface area contributed by atoms with Gasteiger partial charge in [0.15, 0.2) is 0 Å². The lowest BCUT2D eigenvalue weighted by Crippen LogP contribution is -2.22. The van der Waals surface area contributed by atoms with Crippen LogP contribution in [-0.4, -0.2) is 22.8 Å². The monoisotopic (exact) mass is 284 g/mol. The van der Waals surface area contributed by atoms with Gasteiger partial charge in [-0.1, -0.05) is 17.7 Å². The molecule has 0 bridgehead atoms. The summed E-state index contributed by atoms with van der Waals surface area (Å²) in [7, 11) is 0. The van der Waals surface area contributed by atoms with E-state index < -0.39 is 0 Å². The zero-order valence-corrected chi connectivity index (χ0v) is 11.4. The van der Waals surface area contributed by atoms with Crippen LogP contribution < -0.4 is 0 Å². The van der Waals surface area contributed by atoms with Crippen molar-refractivity contribution in [3.05, 3.63) is 29.0 Å². The van der Waals surface area contributed by atoms with Crippen LogP contribution in [0.5, 0.6) is 0 Å². The van der Waals surface area contributed by atoms with Crippen molar-refractivity contribution in [2.24, 2.45) is 0 Å². The Morgan fingerprint density at radius 1 is 1.44 bits per heavy atom. The Morgan fingerprint density at radius 3 is 3.06 bits per heavy atom. The minimum atomic E-state index is 0.316. The predicted molar refractivity (Wildman–Crippen MR) is 73.4 cm³/mol. The summed E-state index contributed by atoms with van der Waals surface area (Å²) in [5.74, 6) is 1.26. The Hall–Kier alpha value is -0.770. The molecule has 2 heterocycles. The minimum Gasteiger partial charge on any atom is -0.379 e. The molecular weight excluding hydrogens is 271 g/mol. The van der Waals surface area contributed by atoms with Crippen LogP contribution in [0.2, 0.25) is 5.02 Å². The van der Waals surface area contributed by atoms with Crippen molar-refractivity contribution in [1.29, 1.82) is 0 Å². The van der Waals surface area contributed by atoms with Gasteiger partial charge in [0.2, 0.25) is 0 Å². The fraction of sp³-hybridized carbons (Fsp3) is 0.462. The zero-order valence-electron chi connectivity index (χ0n) is 9.90. The fourth-order valence-electron chi connectivity index (χ4n) is 2.56. The minimum absolute atomic E-state index is 0.316. The number of para-hydroxylation sites is 1. The van der Waals surface area contributed by atoms with Gasteiger partial charge in [-0.2, -0.15) is 0 Å². The van der Waals surface area contributed by atoms with E-state index in [1.807, 2.05) is 18.2 Å². The Bertz CT molecular complexity index is 561. The van der Waals surface area contributed by atoms with Crippen molar-refractivity contribution >= 4 is 34.2 Å². The first kappa shape index (κ1) is 12.3. The third kappa shape index (κ3) is 2.00. The van der Waals surface area contributed by atoms with Crippen LogP contribution >= 0.6 is 23.2 Å². The van der Waals surface area contributed by atoms with Crippen molar-refractivity contribution in [2.45, 2.75) is 24.8 Å². The molecule has 1 aromatic heterocycles. The predicted octanol–water partition coefficient (Wildman–Crippen LogP) is 3.78. The molecule has 0 aliphatic carbocycles. The maximum Gasteiger partial charge on any atom is 0.125 e. The second-order valence-electron chi connectivity index (χ2n) is 4.51. The highest BCUT2D eigenvalue weighted by Crippen LogP contribution is 2.30. The first-order valence-electron chi connectivity index (χ1n) is 6.10. The topological polar surface area (TPSA) is 27.1 Å². The zero-order chi connectivity index (χ0) is 12.5.